The summed E-state index contributed by atoms with van der Waals surface area (Å²) >= 11 is 6.37. The largest absolute Gasteiger partial charge is 0.383 e. The molecule has 1 aliphatic rings. The number of rotatable bonds is 7. The first-order valence-electron chi connectivity index (χ1n) is 12.3. The Hall–Kier alpha value is -4.22. The minimum absolute atomic E-state index is 0.247. The zero-order valence-electron chi connectivity index (χ0n) is 20.6. The van der Waals surface area contributed by atoms with Crippen LogP contribution in [0.3, 0.4) is 0 Å². The smallest absolute Gasteiger partial charge is 0.284 e. The molecule has 12 heteroatoms. The summed E-state index contributed by atoms with van der Waals surface area (Å²) in [5, 5.41) is 8.71. The first-order valence-corrected chi connectivity index (χ1v) is 12.7. The van der Waals surface area contributed by atoms with Gasteiger partial charge in [0.1, 0.15) is 23.3 Å². The van der Waals surface area contributed by atoms with E-state index in [0.717, 1.165) is 12.8 Å². The predicted molar refractivity (Wildman–Crippen MR) is 143 cm³/mol. The van der Waals surface area contributed by atoms with Gasteiger partial charge in [-0.05, 0) is 31.0 Å². The van der Waals surface area contributed by atoms with Crippen LogP contribution in [-0.4, -0.2) is 61.8 Å². The number of methoxy groups -OCH3 is 1. The van der Waals surface area contributed by atoms with Crippen LogP contribution < -0.4 is 15.8 Å². The second kappa shape index (κ2) is 9.92. The lowest BCUT2D eigenvalue weighted by atomic mass is 10.1. The standard InChI is InChI=1S/C26H25ClN8O3/c1-38-13-10-28-25(36)17-14-29-22-20(17)24(31-15-30-22)33-11-5-8-19(33)23-32-34-12-9-18(27)21(34)26(37)35(23)16-6-3-2-4-7-16/h2-4,6-7,9,12,14-15,19H,5,8,10-11,13H2,1H3,(H,28,36)(H,29,30,31)/t19-/m0/s1. The molecule has 194 valence electrons. The summed E-state index contributed by atoms with van der Waals surface area (Å²) in [5.41, 5.74) is 1.75. The first-order chi connectivity index (χ1) is 18.6. The Morgan fingerprint density at radius 2 is 2.08 bits per heavy atom. The number of amides is 1. The molecule has 5 heterocycles. The zero-order chi connectivity index (χ0) is 26.2. The molecule has 1 amide bonds. The number of para-hydroxylation sites is 1. The second-order valence-electron chi connectivity index (χ2n) is 9.01. The summed E-state index contributed by atoms with van der Waals surface area (Å²) in [6.07, 6.45) is 6.40. The number of hydrogen-bond donors (Lipinski definition) is 2. The number of nitrogens with zero attached hydrogens (tertiary/aromatic N) is 6. The van der Waals surface area contributed by atoms with E-state index in [4.69, 9.17) is 21.4 Å². The van der Waals surface area contributed by atoms with Gasteiger partial charge in [-0.25, -0.2) is 14.5 Å². The molecule has 0 bridgehead atoms. The van der Waals surface area contributed by atoms with Gasteiger partial charge in [0.25, 0.3) is 11.5 Å². The van der Waals surface area contributed by atoms with Gasteiger partial charge in [0.2, 0.25) is 0 Å². The van der Waals surface area contributed by atoms with Crippen molar-refractivity contribution in [3.8, 4) is 5.69 Å². The van der Waals surface area contributed by atoms with E-state index in [1.54, 1.807) is 30.1 Å². The number of aromatic nitrogens is 6. The molecule has 5 aromatic rings. The number of fused-ring (bicyclic) bond motifs is 2. The molecule has 2 N–H and O–H groups in total. The number of nitrogens with one attached hydrogen (secondary N) is 2. The lowest BCUT2D eigenvalue weighted by Gasteiger charge is -2.28. The lowest BCUT2D eigenvalue weighted by Crippen LogP contribution is -2.33. The van der Waals surface area contributed by atoms with Crippen molar-refractivity contribution in [3.05, 3.63) is 81.9 Å². The van der Waals surface area contributed by atoms with Crippen LogP contribution in [0.4, 0.5) is 5.82 Å². The van der Waals surface area contributed by atoms with E-state index in [2.05, 4.69) is 25.2 Å². The molecule has 4 aromatic heterocycles. The van der Waals surface area contributed by atoms with Crippen molar-refractivity contribution in [2.75, 3.05) is 31.7 Å². The molecule has 1 aliphatic heterocycles. The van der Waals surface area contributed by atoms with Crippen molar-refractivity contribution in [1.82, 2.24) is 34.4 Å². The molecule has 1 fully saturated rings. The van der Waals surface area contributed by atoms with Crippen LogP contribution in [-0.2, 0) is 4.74 Å². The number of carbonyl (C=O) groups excluding carboxylic acids is 1. The monoisotopic (exact) mass is 532 g/mol. The summed E-state index contributed by atoms with van der Waals surface area (Å²) in [6, 6.07) is 10.8. The summed E-state index contributed by atoms with van der Waals surface area (Å²) in [5.74, 6) is 0.921. The van der Waals surface area contributed by atoms with Gasteiger partial charge < -0.3 is 19.9 Å². The van der Waals surface area contributed by atoms with E-state index in [1.807, 2.05) is 30.3 Å². The Bertz CT molecular complexity index is 1690. The van der Waals surface area contributed by atoms with Crippen molar-refractivity contribution in [3.63, 3.8) is 0 Å². The predicted octanol–water partition coefficient (Wildman–Crippen LogP) is 3.13. The van der Waals surface area contributed by atoms with Gasteiger partial charge in [0.05, 0.1) is 34.3 Å². The molecule has 6 rings (SSSR count). The van der Waals surface area contributed by atoms with E-state index in [0.29, 0.717) is 64.2 Å². The lowest BCUT2D eigenvalue weighted by molar-refractivity contribution is 0.0938. The van der Waals surface area contributed by atoms with Crippen LogP contribution in [0.15, 0.2) is 59.9 Å². The Morgan fingerprint density at radius 1 is 1.24 bits per heavy atom. The van der Waals surface area contributed by atoms with E-state index in [1.165, 1.54) is 10.8 Å². The first kappa shape index (κ1) is 24.1. The van der Waals surface area contributed by atoms with Gasteiger partial charge in [-0.1, -0.05) is 29.8 Å². The third-order valence-corrected chi connectivity index (χ3v) is 7.09. The van der Waals surface area contributed by atoms with Crippen LogP contribution in [0.5, 0.6) is 0 Å². The highest BCUT2D eigenvalue weighted by molar-refractivity contribution is 6.33. The Balaban J connectivity index is 1.50. The minimum Gasteiger partial charge on any atom is -0.383 e. The van der Waals surface area contributed by atoms with Gasteiger partial charge >= 0.3 is 0 Å². The number of carbonyl (C=O) groups is 1. The number of ether oxygens (including phenoxy) is 1. The quantitative estimate of drug-likeness (QED) is 0.309. The van der Waals surface area contributed by atoms with Gasteiger partial charge in [-0.15, -0.1) is 0 Å². The molecule has 1 aromatic carbocycles. The van der Waals surface area contributed by atoms with Crippen LogP contribution in [0.1, 0.15) is 35.1 Å². The molecule has 1 saturated heterocycles. The Kier molecular flexibility index (Phi) is 6.30. The highest BCUT2D eigenvalue weighted by Gasteiger charge is 2.34. The maximum atomic E-state index is 13.8. The highest BCUT2D eigenvalue weighted by atomic mass is 35.5. The van der Waals surface area contributed by atoms with Crippen LogP contribution in [0, 0.1) is 0 Å². The summed E-state index contributed by atoms with van der Waals surface area (Å²) in [4.78, 5) is 40.9. The van der Waals surface area contributed by atoms with Gasteiger partial charge in [-0.3, -0.25) is 14.2 Å². The van der Waals surface area contributed by atoms with Gasteiger partial charge in [-0.2, -0.15) is 5.10 Å². The number of halogens is 1. The maximum absolute atomic E-state index is 13.8. The molecule has 1 atom stereocenters. The van der Waals surface area contributed by atoms with Crippen molar-refractivity contribution < 1.29 is 9.53 Å². The number of aromatic amines is 1. The second-order valence-corrected chi connectivity index (χ2v) is 9.42. The van der Waals surface area contributed by atoms with Crippen molar-refractivity contribution >= 4 is 39.9 Å². The minimum atomic E-state index is -0.286. The molecular formula is C26H25ClN8O3. The van der Waals surface area contributed by atoms with Crippen molar-refractivity contribution in [2.45, 2.75) is 18.9 Å². The fourth-order valence-electron chi connectivity index (χ4n) is 5.08. The summed E-state index contributed by atoms with van der Waals surface area (Å²) < 4.78 is 8.22. The average Bonchev–Trinajstić information content (AvgIpc) is 3.67. The summed E-state index contributed by atoms with van der Waals surface area (Å²) in [6.45, 7) is 1.45. The van der Waals surface area contributed by atoms with Crippen LogP contribution in [0.25, 0.3) is 22.2 Å². The molecule has 0 aliphatic carbocycles. The molecule has 0 saturated carbocycles. The van der Waals surface area contributed by atoms with Crippen molar-refractivity contribution in [2.24, 2.45) is 0 Å². The number of benzene rings is 1. The highest BCUT2D eigenvalue weighted by Crippen LogP contribution is 2.38. The number of H-pyrrole nitrogens is 1. The molecule has 38 heavy (non-hydrogen) atoms. The average molecular weight is 533 g/mol. The summed E-state index contributed by atoms with van der Waals surface area (Å²) in [7, 11) is 1.58. The van der Waals surface area contributed by atoms with Crippen LogP contribution >= 0.6 is 11.6 Å². The molecule has 0 spiro atoms. The molecular weight excluding hydrogens is 508 g/mol. The van der Waals surface area contributed by atoms with Crippen molar-refractivity contribution in [1.29, 1.82) is 0 Å². The molecule has 0 radical (unpaired) electrons. The fourth-order valence-corrected chi connectivity index (χ4v) is 5.31. The zero-order valence-corrected chi connectivity index (χ0v) is 21.4. The van der Waals surface area contributed by atoms with E-state index in [-0.39, 0.29) is 17.5 Å². The third kappa shape index (κ3) is 4.00. The Morgan fingerprint density at radius 3 is 2.89 bits per heavy atom. The van der Waals surface area contributed by atoms with Crippen LogP contribution in [0.2, 0.25) is 5.02 Å². The molecule has 11 nitrogen and oxygen atoms in total. The van der Waals surface area contributed by atoms with E-state index >= 15 is 0 Å². The van der Waals surface area contributed by atoms with Gasteiger partial charge in [0, 0.05) is 32.6 Å². The molecule has 0 unspecified atom stereocenters. The normalized spacial score (nSPS) is 15.5. The SMILES string of the molecule is COCCNC(=O)c1c[nH]c2ncnc(N3CCC[C@H]3c3nn4ccc(Cl)c4c(=O)n3-c3ccccc3)c12. The third-order valence-electron chi connectivity index (χ3n) is 6.79. The number of anilines is 1. The Labute approximate surface area is 222 Å². The number of hydrogen-bond acceptors (Lipinski definition) is 7. The maximum Gasteiger partial charge on any atom is 0.284 e. The topological polar surface area (TPSA) is 122 Å². The fraction of sp³-hybridized carbons (Fsp3) is 0.269. The van der Waals surface area contributed by atoms with Gasteiger partial charge in [0.15, 0.2) is 5.82 Å². The van der Waals surface area contributed by atoms with E-state index < -0.39 is 0 Å². The van der Waals surface area contributed by atoms with E-state index in [9.17, 15) is 9.59 Å².